The molecule has 128 valence electrons. The highest BCUT2D eigenvalue weighted by atomic mass is 16.5. The predicted molar refractivity (Wildman–Crippen MR) is 91.6 cm³/mol. The first-order valence-corrected chi connectivity index (χ1v) is 8.44. The molecular weight excluding hydrogens is 304 g/mol. The second-order valence-electron chi connectivity index (χ2n) is 6.06. The van der Waals surface area contributed by atoms with Crippen LogP contribution in [0.3, 0.4) is 0 Å². The molecule has 0 spiro atoms. The molecule has 1 aromatic heterocycles. The van der Waals surface area contributed by atoms with Gasteiger partial charge >= 0.3 is 6.03 Å². The lowest BCUT2D eigenvalue weighted by Crippen LogP contribution is -2.40. The zero-order valence-corrected chi connectivity index (χ0v) is 14.0. The molecule has 5 nitrogen and oxygen atoms in total. The number of likely N-dealkylation sites (tertiary alicyclic amines) is 1. The van der Waals surface area contributed by atoms with Crippen LogP contribution >= 0.6 is 0 Å². The van der Waals surface area contributed by atoms with Crippen molar-refractivity contribution in [2.45, 2.75) is 31.9 Å². The quantitative estimate of drug-likeness (QED) is 0.883. The van der Waals surface area contributed by atoms with Crippen LogP contribution in [-0.4, -0.2) is 31.1 Å². The van der Waals surface area contributed by atoms with Crippen molar-refractivity contribution < 1.29 is 13.9 Å². The van der Waals surface area contributed by atoms with Crippen LogP contribution in [0.4, 0.5) is 4.79 Å². The summed E-state index contributed by atoms with van der Waals surface area (Å²) >= 11 is 0. The van der Waals surface area contributed by atoms with Gasteiger partial charge in [-0.2, -0.15) is 0 Å². The van der Waals surface area contributed by atoms with Crippen molar-refractivity contribution in [1.82, 2.24) is 10.2 Å². The van der Waals surface area contributed by atoms with E-state index in [2.05, 4.69) is 17.4 Å². The third-order valence-corrected chi connectivity index (χ3v) is 4.34. The van der Waals surface area contributed by atoms with E-state index in [1.54, 1.807) is 7.11 Å². The van der Waals surface area contributed by atoms with Crippen molar-refractivity contribution in [1.29, 1.82) is 0 Å². The van der Waals surface area contributed by atoms with Gasteiger partial charge in [0.15, 0.2) is 0 Å². The Balaban J connectivity index is 1.55. The zero-order chi connectivity index (χ0) is 16.8. The largest absolute Gasteiger partial charge is 0.461 e. The topological polar surface area (TPSA) is 54.7 Å². The number of carbonyl (C=O) groups is 1. The monoisotopic (exact) mass is 328 g/mol. The summed E-state index contributed by atoms with van der Waals surface area (Å²) in [6.45, 7) is 1.86. The van der Waals surface area contributed by atoms with Crippen LogP contribution in [-0.2, 0) is 17.8 Å². The maximum atomic E-state index is 12.5. The van der Waals surface area contributed by atoms with Crippen LogP contribution in [0, 0.1) is 0 Å². The number of hydrogen-bond donors (Lipinski definition) is 1. The molecule has 0 radical (unpaired) electrons. The summed E-state index contributed by atoms with van der Waals surface area (Å²) in [7, 11) is 1.64. The molecule has 3 rings (SSSR count). The molecule has 0 aliphatic carbocycles. The summed E-state index contributed by atoms with van der Waals surface area (Å²) in [5.41, 5.74) is 1.23. The second-order valence-corrected chi connectivity index (χ2v) is 6.06. The van der Waals surface area contributed by atoms with Gasteiger partial charge in [0.2, 0.25) is 0 Å². The van der Waals surface area contributed by atoms with E-state index < -0.39 is 0 Å². The highest BCUT2D eigenvalue weighted by Gasteiger charge is 2.32. The lowest BCUT2D eigenvalue weighted by molar-refractivity contribution is 0.156. The van der Waals surface area contributed by atoms with Gasteiger partial charge < -0.3 is 19.4 Å². The van der Waals surface area contributed by atoms with Crippen molar-refractivity contribution in [2.75, 3.05) is 20.2 Å². The minimum atomic E-state index is -0.0156. The SMILES string of the molecule is COCc1ccc([C@H]2CCCN2C(=O)NCCc2ccccc2)o1. The number of furan rings is 1. The van der Waals surface area contributed by atoms with Gasteiger partial charge in [-0.25, -0.2) is 4.79 Å². The van der Waals surface area contributed by atoms with E-state index in [0.29, 0.717) is 13.2 Å². The lowest BCUT2D eigenvalue weighted by atomic mass is 10.1. The fourth-order valence-electron chi connectivity index (χ4n) is 3.16. The molecule has 1 aliphatic heterocycles. The molecule has 1 aromatic carbocycles. The van der Waals surface area contributed by atoms with E-state index in [1.165, 1.54) is 5.56 Å². The van der Waals surface area contributed by atoms with Gasteiger partial charge in [0, 0.05) is 20.2 Å². The fourth-order valence-corrected chi connectivity index (χ4v) is 3.16. The number of benzene rings is 1. The molecule has 1 saturated heterocycles. The minimum Gasteiger partial charge on any atom is -0.461 e. The molecule has 0 saturated carbocycles. The van der Waals surface area contributed by atoms with Crippen molar-refractivity contribution in [3.8, 4) is 0 Å². The average molecular weight is 328 g/mol. The molecule has 2 amide bonds. The van der Waals surface area contributed by atoms with Gasteiger partial charge in [-0.3, -0.25) is 0 Å². The van der Waals surface area contributed by atoms with E-state index in [-0.39, 0.29) is 12.1 Å². The van der Waals surface area contributed by atoms with Gasteiger partial charge in [-0.15, -0.1) is 0 Å². The number of urea groups is 1. The summed E-state index contributed by atoms with van der Waals surface area (Å²) in [4.78, 5) is 14.4. The van der Waals surface area contributed by atoms with Gasteiger partial charge in [-0.1, -0.05) is 30.3 Å². The van der Waals surface area contributed by atoms with Gasteiger partial charge in [0.1, 0.15) is 18.1 Å². The van der Waals surface area contributed by atoms with Crippen molar-refractivity contribution in [3.63, 3.8) is 0 Å². The van der Waals surface area contributed by atoms with Gasteiger partial charge in [0.05, 0.1) is 6.04 Å². The van der Waals surface area contributed by atoms with Crippen molar-refractivity contribution in [3.05, 3.63) is 59.5 Å². The molecule has 1 fully saturated rings. The maximum absolute atomic E-state index is 12.5. The summed E-state index contributed by atoms with van der Waals surface area (Å²) in [5, 5.41) is 3.03. The Labute approximate surface area is 142 Å². The molecule has 1 N–H and O–H groups in total. The van der Waals surface area contributed by atoms with E-state index in [4.69, 9.17) is 9.15 Å². The van der Waals surface area contributed by atoms with E-state index in [1.807, 2.05) is 35.2 Å². The number of hydrogen-bond acceptors (Lipinski definition) is 3. The molecule has 1 aliphatic rings. The molecule has 1 atom stereocenters. The Morgan fingerprint density at radius 2 is 2.12 bits per heavy atom. The van der Waals surface area contributed by atoms with E-state index >= 15 is 0 Å². The maximum Gasteiger partial charge on any atom is 0.318 e. The third kappa shape index (κ3) is 3.97. The average Bonchev–Trinajstić information content (AvgIpc) is 3.25. The van der Waals surface area contributed by atoms with Gasteiger partial charge in [-0.05, 0) is 37.0 Å². The van der Waals surface area contributed by atoms with Crippen LogP contribution in [0.1, 0.15) is 36.0 Å². The molecular formula is C19H24N2O3. The summed E-state index contributed by atoms with van der Waals surface area (Å²) in [6, 6.07) is 14.1. The first-order valence-electron chi connectivity index (χ1n) is 8.44. The normalized spacial score (nSPS) is 17.2. The number of nitrogens with zero attached hydrogens (tertiary/aromatic N) is 1. The van der Waals surface area contributed by atoms with Crippen LogP contribution in [0.15, 0.2) is 46.9 Å². The minimum absolute atomic E-state index is 0.0156. The number of methoxy groups -OCH3 is 1. The molecule has 2 aromatic rings. The molecule has 2 heterocycles. The van der Waals surface area contributed by atoms with Crippen LogP contribution in [0.25, 0.3) is 0 Å². The van der Waals surface area contributed by atoms with E-state index in [0.717, 1.165) is 37.3 Å². The number of carbonyl (C=O) groups excluding carboxylic acids is 1. The zero-order valence-electron chi connectivity index (χ0n) is 14.0. The smallest absolute Gasteiger partial charge is 0.318 e. The lowest BCUT2D eigenvalue weighted by Gasteiger charge is -2.23. The summed E-state index contributed by atoms with van der Waals surface area (Å²) in [5.74, 6) is 1.64. The van der Waals surface area contributed by atoms with Crippen LogP contribution in [0.5, 0.6) is 0 Å². The third-order valence-electron chi connectivity index (χ3n) is 4.34. The number of rotatable bonds is 6. The standard InChI is InChI=1S/C19H24N2O3/c1-23-14-16-9-10-18(24-16)17-8-5-13-21(17)19(22)20-12-11-15-6-3-2-4-7-15/h2-4,6-7,9-10,17H,5,8,11-14H2,1H3,(H,20,22)/t17-/m1/s1. The Morgan fingerprint density at radius 3 is 2.92 bits per heavy atom. The predicted octanol–water partition coefficient (Wildman–Crippen LogP) is 3.52. The second kappa shape index (κ2) is 8.02. The number of amides is 2. The highest BCUT2D eigenvalue weighted by Crippen LogP contribution is 2.33. The Kier molecular flexibility index (Phi) is 5.54. The molecule has 5 heteroatoms. The summed E-state index contributed by atoms with van der Waals surface area (Å²) in [6.07, 6.45) is 2.77. The van der Waals surface area contributed by atoms with Crippen molar-refractivity contribution in [2.24, 2.45) is 0 Å². The molecule has 0 unspecified atom stereocenters. The summed E-state index contributed by atoms with van der Waals surface area (Å²) < 4.78 is 10.9. The number of nitrogens with one attached hydrogen (secondary N) is 1. The molecule has 24 heavy (non-hydrogen) atoms. The van der Waals surface area contributed by atoms with Crippen molar-refractivity contribution >= 4 is 6.03 Å². The Bertz CT molecular complexity index is 654. The first kappa shape index (κ1) is 16.6. The fraction of sp³-hybridized carbons (Fsp3) is 0.421. The number of ether oxygens (including phenoxy) is 1. The highest BCUT2D eigenvalue weighted by molar-refractivity contribution is 5.75. The van der Waals surface area contributed by atoms with Crippen LogP contribution in [0.2, 0.25) is 0 Å². The van der Waals surface area contributed by atoms with E-state index in [9.17, 15) is 4.79 Å². The molecule has 0 bridgehead atoms. The van der Waals surface area contributed by atoms with Gasteiger partial charge in [0.25, 0.3) is 0 Å². The Hall–Kier alpha value is -2.27. The first-order chi connectivity index (χ1) is 11.8. The van der Waals surface area contributed by atoms with Crippen LogP contribution < -0.4 is 5.32 Å². The Morgan fingerprint density at radius 1 is 1.29 bits per heavy atom.